The van der Waals surface area contributed by atoms with Gasteiger partial charge in [0.05, 0.1) is 18.2 Å². The molecule has 0 fully saturated rings. The normalized spacial score (nSPS) is 10.3. The summed E-state index contributed by atoms with van der Waals surface area (Å²) in [4.78, 5) is 4.22. The molecule has 0 N–H and O–H groups in total. The molecule has 0 bridgehead atoms. The first kappa shape index (κ1) is 13.0. The van der Waals surface area contributed by atoms with Gasteiger partial charge in [-0.1, -0.05) is 30.3 Å². The highest BCUT2D eigenvalue weighted by atomic mass is 19.1. The second kappa shape index (κ2) is 5.55. The molecule has 0 aliphatic carbocycles. The summed E-state index contributed by atoms with van der Waals surface area (Å²) in [6.45, 7) is 0.237. The van der Waals surface area contributed by atoms with Crippen LogP contribution in [0.25, 0.3) is 11.4 Å². The van der Waals surface area contributed by atoms with E-state index in [1.54, 1.807) is 11.0 Å². The van der Waals surface area contributed by atoms with E-state index >= 15 is 0 Å². The Bertz CT molecular complexity index is 803. The molecule has 3 rings (SSSR count). The van der Waals surface area contributed by atoms with Gasteiger partial charge in [0.15, 0.2) is 5.82 Å². The van der Waals surface area contributed by atoms with E-state index in [4.69, 9.17) is 5.26 Å². The molecule has 2 aromatic carbocycles. The van der Waals surface area contributed by atoms with Gasteiger partial charge >= 0.3 is 0 Å². The lowest BCUT2D eigenvalue weighted by molar-refractivity contribution is 0.585. The number of nitriles is 1. The highest BCUT2D eigenvalue weighted by Crippen LogP contribution is 2.15. The first-order valence-electron chi connectivity index (χ1n) is 6.39. The van der Waals surface area contributed by atoms with Gasteiger partial charge in [-0.25, -0.2) is 14.1 Å². The van der Waals surface area contributed by atoms with E-state index in [0.717, 1.165) is 5.56 Å². The van der Waals surface area contributed by atoms with Crippen LogP contribution in [0.3, 0.4) is 0 Å². The summed E-state index contributed by atoms with van der Waals surface area (Å²) in [5.74, 6) is 0.234. The predicted octanol–water partition coefficient (Wildman–Crippen LogP) is 3.00. The molecule has 0 aliphatic heterocycles. The topological polar surface area (TPSA) is 54.5 Å². The van der Waals surface area contributed by atoms with Crippen LogP contribution in [0.15, 0.2) is 54.9 Å². The summed E-state index contributed by atoms with van der Waals surface area (Å²) < 4.78 is 15.3. The third-order valence-electron chi connectivity index (χ3n) is 3.08. The van der Waals surface area contributed by atoms with Gasteiger partial charge in [0, 0.05) is 11.1 Å². The Labute approximate surface area is 121 Å². The van der Waals surface area contributed by atoms with Gasteiger partial charge in [-0.15, -0.1) is 0 Å². The molecule has 21 heavy (non-hydrogen) atoms. The smallest absolute Gasteiger partial charge is 0.181 e. The Hall–Kier alpha value is -3.00. The van der Waals surface area contributed by atoms with E-state index in [0.29, 0.717) is 17.0 Å². The van der Waals surface area contributed by atoms with E-state index in [-0.39, 0.29) is 12.4 Å². The van der Waals surface area contributed by atoms with Gasteiger partial charge in [0.1, 0.15) is 12.1 Å². The maximum absolute atomic E-state index is 13.8. The van der Waals surface area contributed by atoms with Crippen LogP contribution in [-0.4, -0.2) is 14.8 Å². The molecular formula is C16H11FN4. The van der Waals surface area contributed by atoms with E-state index in [2.05, 4.69) is 10.1 Å². The van der Waals surface area contributed by atoms with Crippen molar-refractivity contribution in [1.82, 2.24) is 14.8 Å². The lowest BCUT2D eigenvalue weighted by Crippen LogP contribution is -2.03. The van der Waals surface area contributed by atoms with Crippen molar-refractivity contribution in [2.24, 2.45) is 0 Å². The van der Waals surface area contributed by atoms with E-state index in [1.165, 1.54) is 18.2 Å². The van der Waals surface area contributed by atoms with Crippen LogP contribution in [0.2, 0.25) is 0 Å². The fourth-order valence-electron chi connectivity index (χ4n) is 2.03. The first-order valence-corrected chi connectivity index (χ1v) is 6.39. The number of hydrogen-bond acceptors (Lipinski definition) is 3. The fourth-order valence-corrected chi connectivity index (χ4v) is 2.03. The predicted molar refractivity (Wildman–Crippen MR) is 75.7 cm³/mol. The molecule has 5 heteroatoms. The lowest BCUT2D eigenvalue weighted by atomic mass is 10.1. The molecule has 0 radical (unpaired) electrons. The Kier molecular flexibility index (Phi) is 3.44. The average Bonchev–Trinajstić information content (AvgIpc) is 2.99. The summed E-state index contributed by atoms with van der Waals surface area (Å²) in [6.07, 6.45) is 1.56. The molecule has 102 valence electrons. The third-order valence-corrected chi connectivity index (χ3v) is 3.08. The van der Waals surface area contributed by atoms with Gasteiger partial charge < -0.3 is 0 Å². The van der Waals surface area contributed by atoms with E-state index in [9.17, 15) is 4.39 Å². The Morgan fingerprint density at radius 2 is 1.95 bits per heavy atom. The van der Waals surface area contributed by atoms with Gasteiger partial charge in [-0.2, -0.15) is 10.4 Å². The molecule has 0 atom stereocenters. The number of nitrogens with zero attached hydrogens (tertiary/aromatic N) is 4. The van der Waals surface area contributed by atoms with Crippen molar-refractivity contribution in [3.05, 3.63) is 71.8 Å². The molecule has 3 aromatic rings. The molecule has 0 saturated heterocycles. The van der Waals surface area contributed by atoms with Crippen LogP contribution in [0.1, 0.15) is 11.1 Å². The largest absolute Gasteiger partial charge is 0.248 e. The molecular weight excluding hydrogens is 267 g/mol. The standard InChI is InChI=1S/C16H11FN4/c17-15-7-6-12(9-18)8-14(15)10-21-11-19-16(20-21)13-4-2-1-3-5-13/h1-8,11H,10H2. The molecule has 0 spiro atoms. The van der Waals surface area contributed by atoms with E-state index in [1.807, 2.05) is 36.4 Å². The lowest BCUT2D eigenvalue weighted by Gasteiger charge is -2.03. The minimum absolute atomic E-state index is 0.237. The van der Waals surface area contributed by atoms with Gasteiger partial charge in [-0.3, -0.25) is 0 Å². The quantitative estimate of drug-likeness (QED) is 0.740. The molecule has 0 saturated carbocycles. The fraction of sp³-hybridized carbons (Fsp3) is 0.0625. The second-order valence-corrected chi connectivity index (χ2v) is 4.55. The Balaban J connectivity index is 1.87. The number of hydrogen-bond donors (Lipinski definition) is 0. The van der Waals surface area contributed by atoms with Crippen molar-refractivity contribution in [3.8, 4) is 17.5 Å². The van der Waals surface area contributed by atoms with Gasteiger partial charge in [0.2, 0.25) is 0 Å². The average molecular weight is 278 g/mol. The minimum Gasteiger partial charge on any atom is -0.248 e. The van der Waals surface area contributed by atoms with Crippen molar-refractivity contribution in [2.75, 3.05) is 0 Å². The highest BCUT2D eigenvalue weighted by Gasteiger charge is 2.08. The molecule has 0 unspecified atom stereocenters. The zero-order valence-corrected chi connectivity index (χ0v) is 11.1. The van der Waals surface area contributed by atoms with Crippen LogP contribution < -0.4 is 0 Å². The summed E-state index contributed by atoms with van der Waals surface area (Å²) in [7, 11) is 0. The van der Waals surface area contributed by atoms with Gasteiger partial charge in [0.25, 0.3) is 0 Å². The Morgan fingerprint density at radius 3 is 2.71 bits per heavy atom. The van der Waals surface area contributed by atoms with Crippen LogP contribution >= 0.6 is 0 Å². The van der Waals surface area contributed by atoms with Crippen molar-refractivity contribution in [1.29, 1.82) is 5.26 Å². The molecule has 4 nitrogen and oxygen atoms in total. The van der Waals surface area contributed by atoms with Crippen LogP contribution in [0.5, 0.6) is 0 Å². The summed E-state index contributed by atoms with van der Waals surface area (Å²) in [5, 5.41) is 13.2. The van der Waals surface area contributed by atoms with E-state index < -0.39 is 0 Å². The maximum atomic E-state index is 13.8. The molecule has 0 aliphatic rings. The van der Waals surface area contributed by atoms with Crippen LogP contribution in [0.4, 0.5) is 4.39 Å². The van der Waals surface area contributed by atoms with Crippen molar-refractivity contribution in [2.45, 2.75) is 6.54 Å². The van der Waals surface area contributed by atoms with Gasteiger partial charge in [-0.05, 0) is 18.2 Å². The molecule has 0 amide bonds. The monoisotopic (exact) mass is 278 g/mol. The summed E-state index contributed by atoms with van der Waals surface area (Å²) in [6, 6.07) is 15.8. The van der Waals surface area contributed by atoms with Crippen LogP contribution in [0, 0.1) is 17.1 Å². The zero-order valence-electron chi connectivity index (χ0n) is 11.1. The number of rotatable bonds is 3. The number of halogens is 1. The van der Waals surface area contributed by atoms with Crippen LogP contribution in [-0.2, 0) is 6.54 Å². The van der Waals surface area contributed by atoms with Crippen molar-refractivity contribution < 1.29 is 4.39 Å². The summed E-state index contributed by atoms with van der Waals surface area (Å²) >= 11 is 0. The second-order valence-electron chi connectivity index (χ2n) is 4.55. The number of benzene rings is 2. The first-order chi connectivity index (χ1) is 10.3. The number of aromatic nitrogens is 3. The third kappa shape index (κ3) is 2.79. The molecule has 1 aromatic heterocycles. The SMILES string of the molecule is N#Cc1ccc(F)c(Cn2cnc(-c3ccccc3)n2)c1. The van der Waals surface area contributed by atoms with Crippen molar-refractivity contribution >= 4 is 0 Å². The van der Waals surface area contributed by atoms with Crippen molar-refractivity contribution in [3.63, 3.8) is 0 Å². The Morgan fingerprint density at radius 1 is 1.14 bits per heavy atom. The highest BCUT2D eigenvalue weighted by molar-refractivity contribution is 5.53. The minimum atomic E-state index is -0.356. The maximum Gasteiger partial charge on any atom is 0.181 e. The molecule has 1 heterocycles. The zero-order chi connectivity index (χ0) is 14.7. The summed E-state index contributed by atoms with van der Waals surface area (Å²) in [5.41, 5.74) is 1.75.